The van der Waals surface area contributed by atoms with Crippen molar-refractivity contribution in [2.75, 3.05) is 0 Å². The van der Waals surface area contributed by atoms with Crippen molar-refractivity contribution in [1.82, 2.24) is 15.0 Å². The molecule has 2 rings (SSSR count). The van der Waals surface area contributed by atoms with E-state index in [0.29, 0.717) is 6.42 Å². The number of benzene rings is 1. The molecule has 0 spiro atoms. The zero-order chi connectivity index (χ0) is 13.1. The molecule has 96 valence electrons. The van der Waals surface area contributed by atoms with Gasteiger partial charge in [-0.25, -0.2) is 14.2 Å². The Labute approximate surface area is 107 Å². The highest BCUT2D eigenvalue weighted by molar-refractivity contribution is 7.05. The van der Waals surface area contributed by atoms with Gasteiger partial charge in [-0.05, 0) is 24.0 Å². The van der Waals surface area contributed by atoms with Crippen molar-refractivity contribution in [2.45, 2.75) is 19.4 Å². The Bertz CT molecular complexity index is 544. The van der Waals surface area contributed by atoms with Crippen LogP contribution in [0.5, 0.6) is 0 Å². The predicted molar refractivity (Wildman–Crippen MR) is 64.8 cm³/mol. The average molecular weight is 270 g/mol. The molecule has 18 heavy (non-hydrogen) atoms. The molecule has 0 saturated carbocycles. The third kappa shape index (κ3) is 2.38. The second-order valence-electron chi connectivity index (χ2n) is 3.70. The monoisotopic (exact) mass is 270 g/mol. The van der Waals surface area contributed by atoms with E-state index in [4.69, 9.17) is 5.84 Å². The van der Waals surface area contributed by atoms with Crippen LogP contribution in [0.25, 0.3) is 0 Å². The SMILES string of the molecule is CCc1nnsc1C(NN)c1ccc(F)cc1F. The predicted octanol–water partition coefficient (Wildman–Crippen LogP) is 1.93. The van der Waals surface area contributed by atoms with Crippen LogP contribution in [-0.2, 0) is 6.42 Å². The quantitative estimate of drug-likeness (QED) is 0.658. The highest BCUT2D eigenvalue weighted by Gasteiger charge is 2.22. The molecule has 0 radical (unpaired) electrons. The summed E-state index contributed by atoms with van der Waals surface area (Å²) in [7, 11) is 0. The minimum Gasteiger partial charge on any atom is -0.271 e. The highest BCUT2D eigenvalue weighted by Crippen LogP contribution is 2.28. The van der Waals surface area contributed by atoms with Crippen molar-refractivity contribution in [1.29, 1.82) is 0 Å². The van der Waals surface area contributed by atoms with E-state index in [-0.39, 0.29) is 5.56 Å². The van der Waals surface area contributed by atoms with Gasteiger partial charge in [0.05, 0.1) is 16.6 Å². The number of nitrogens with one attached hydrogen (secondary N) is 1. The van der Waals surface area contributed by atoms with Crippen LogP contribution in [0.4, 0.5) is 8.78 Å². The first kappa shape index (κ1) is 13.0. The van der Waals surface area contributed by atoms with E-state index in [0.717, 1.165) is 28.2 Å². The first-order chi connectivity index (χ1) is 8.67. The fourth-order valence-electron chi connectivity index (χ4n) is 1.72. The van der Waals surface area contributed by atoms with Crippen LogP contribution < -0.4 is 11.3 Å². The first-order valence-electron chi connectivity index (χ1n) is 5.39. The summed E-state index contributed by atoms with van der Waals surface area (Å²) >= 11 is 1.15. The summed E-state index contributed by atoms with van der Waals surface area (Å²) in [4.78, 5) is 0.741. The number of hydrogen-bond donors (Lipinski definition) is 2. The van der Waals surface area contributed by atoms with Crippen molar-refractivity contribution in [3.05, 3.63) is 46.0 Å². The molecular formula is C11H12F2N4S. The van der Waals surface area contributed by atoms with Gasteiger partial charge in [-0.3, -0.25) is 5.84 Å². The maximum atomic E-state index is 13.7. The van der Waals surface area contributed by atoms with Crippen LogP contribution in [0.3, 0.4) is 0 Å². The fourth-order valence-corrected chi connectivity index (χ4v) is 2.54. The summed E-state index contributed by atoms with van der Waals surface area (Å²) in [5.74, 6) is 4.20. The Morgan fingerprint density at radius 1 is 1.44 bits per heavy atom. The summed E-state index contributed by atoms with van der Waals surface area (Å²) in [5.41, 5.74) is 3.56. The smallest absolute Gasteiger partial charge is 0.131 e. The fraction of sp³-hybridized carbons (Fsp3) is 0.273. The molecule has 4 nitrogen and oxygen atoms in total. The van der Waals surface area contributed by atoms with E-state index in [9.17, 15) is 8.78 Å². The van der Waals surface area contributed by atoms with Gasteiger partial charge in [-0.15, -0.1) is 5.10 Å². The number of aryl methyl sites for hydroxylation is 1. The van der Waals surface area contributed by atoms with Crippen LogP contribution in [0.15, 0.2) is 18.2 Å². The van der Waals surface area contributed by atoms with Crippen LogP contribution in [-0.4, -0.2) is 9.59 Å². The lowest BCUT2D eigenvalue weighted by Crippen LogP contribution is -2.29. The molecule has 3 N–H and O–H groups in total. The highest BCUT2D eigenvalue weighted by atomic mass is 32.1. The second-order valence-corrected chi connectivity index (χ2v) is 4.49. The number of aromatic nitrogens is 2. The van der Waals surface area contributed by atoms with E-state index in [1.807, 2.05) is 6.92 Å². The Balaban J connectivity index is 2.45. The number of nitrogens with two attached hydrogens (primary N) is 1. The third-order valence-corrected chi connectivity index (χ3v) is 3.45. The molecule has 1 unspecified atom stereocenters. The maximum Gasteiger partial charge on any atom is 0.131 e. The maximum absolute atomic E-state index is 13.7. The molecule has 1 aromatic carbocycles. The van der Waals surface area contributed by atoms with Crippen molar-refractivity contribution in [3.63, 3.8) is 0 Å². The van der Waals surface area contributed by atoms with Crippen LogP contribution >= 0.6 is 11.5 Å². The van der Waals surface area contributed by atoms with E-state index < -0.39 is 17.7 Å². The van der Waals surface area contributed by atoms with E-state index in [1.165, 1.54) is 12.1 Å². The number of rotatable bonds is 4. The number of nitrogens with zero attached hydrogens (tertiary/aromatic N) is 2. The van der Waals surface area contributed by atoms with Gasteiger partial charge in [0.1, 0.15) is 11.6 Å². The first-order valence-corrected chi connectivity index (χ1v) is 6.17. The van der Waals surface area contributed by atoms with E-state index in [1.54, 1.807) is 0 Å². The Morgan fingerprint density at radius 3 is 2.83 bits per heavy atom. The zero-order valence-electron chi connectivity index (χ0n) is 9.65. The van der Waals surface area contributed by atoms with Gasteiger partial charge in [0.2, 0.25) is 0 Å². The molecular weight excluding hydrogens is 258 g/mol. The average Bonchev–Trinajstić information content (AvgIpc) is 2.81. The molecule has 0 aliphatic rings. The minimum atomic E-state index is -0.645. The molecule has 0 bridgehead atoms. The Morgan fingerprint density at radius 2 is 2.22 bits per heavy atom. The zero-order valence-corrected chi connectivity index (χ0v) is 10.5. The van der Waals surface area contributed by atoms with E-state index in [2.05, 4.69) is 15.0 Å². The number of halogens is 2. The lowest BCUT2D eigenvalue weighted by atomic mass is 10.0. The molecule has 0 saturated heterocycles. The standard InChI is InChI=1S/C11H12F2N4S/c1-2-9-11(18-17-16-9)10(15-14)7-4-3-6(12)5-8(7)13/h3-5,10,15H,2,14H2,1H3. The van der Waals surface area contributed by atoms with Crippen molar-refractivity contribution < 1.29 is 8.78 Å². The Kier molecular flexibility index (Phi) is 3.95. The summed E-state index contributed by atoms with van der Waals surface area (Å²) in [5, 5.41) is 3.95. The topological polar surface area (TPSA) is 63.8 Å². The van der Waals surface area contributed by atoms with Gasteiger partial charge < -0.3 is 0 Å². The van der Waals surface area contributed by atoms with Crippen molar-refractivity contribution >= 4 is 11.5 Å². The van der Waals surface area contributed by atoms with Crippen molar-refractivity contribution in [3.8, 4) is 0 Å². The normalized spacial score (nSPS) is 12.7. The minimum absolute atomic E-state index is 0.277. The van der Waals surface area contributed by atoms with Gasteiger partial charge >= 0.3 is 0 Å². The molecule has 0 aliphatic heterocycles. The van der Waals surface area contributed by atoms with Gasteiger partial charge in [0, 0.05) is 11.6 Å². The van der Waals surface area contributed by atoms with Gasteiger partial charge in [0.25, 0.3) is 0 Å². The number of hydrazine groups is 1. The number of hydrogen-bond acceptors (Lipinski definition) is 5. The van der Waals surface area contributed by atoms with E-state index >= 15 is 0 Å². The molecule has 0 aliphatic carbocycles. The summed E-state index contributed by atoms with van der Waals surface area (Å²) in [6.07, 6.45) is 0.673. The van der Waals surface area contributed by atoms with Gasteiger partial charge in [-0.2, -0.15) is 0 Å². The summed E-state index contributed by atoms with van der Waals surface area (Å²) in [6, 6.07) is 2.83. The molecule has 7 heteroatoms. The summed E-state index contributed by atoms with van der Waals surface area (Å²) in [6.45, 7) is 1.93. The van der Waals surface area contributed by atoms with Crippen LogP contribution in [0, 0.1) is 11.6 Å². The molecule has 0 fully saturated rings. The molecule has 0 amide bonds. The molecule has 1 aromatic heterocycles. The Hall–Kier alpha value is -1.44. The lowest BCUT2D eigenvalue weighted by molar-refractivity contribution is 0.542. The van der Waals surface area contributed by atoms with Gasteiger partial charge in [0.15, 0.2) is 0 Å². The van der Waals surface area contributed by atoms with Gasteiger partial charge in [-0.1, -0.05) is 17.5 Å². The largest absolute Gasteiger partial charge is 0.271 e. The third-order valence-electron chi connectivity index (χ3n) is 2.62. The summed E-state index contributed by atoms with van der Waals surface area (Å²) < 4.78 is 30.5. The van der Waals surface area contributed by atoms with Crippen LogP contribution in [0.1, 0.15) is 29.1 Å². The second kappa shape index (κ2) is 5.47. The molecule has 1 atom stereocenters. The molecule has 2 aromatic rings. The van der Waals surface area contributed by atoms with Crippen LogP contribution in [0.2, 0.25) is 0 Å². The van der Waals surface area contributed by atoms with Crippen molar-refractivity contribution in [2.24, 2.45) is 5.84 Å². The molecule has 1 heterocycles. The lowest BCUT2D eigenvalue weighted by Gasteiger charge is -2.16.